The van der Waals surface area contributed by atoms with Gasteiger partial charge in [0, 0.05) is 33.2 Å². The number of tetrazole rings is 1. The maximum Gasteiger partial charge on any atom is 0.270 e. The molecule has 24 heavy (non-hydrogen) atoms. The zero-order chi connectivity index (χ0) is 17.3. The molecular formula is C13H15Cl2N7O2. The van der Waals surface area contributed by atoms with Crippen molar-refractivity contribution >= 4 is 35.0 Å². The van der Waals surface area contributed by atoms with Crippen molar-refractivity contribution in [3.05, 3.63) is 28.3 Å². The van der Waals surface area contributed by atoms with Crippen LogP contribution in [0.3, 0.4) is 0 Å². The van der Waals surface area contributed by atoms with Gasteiger partial charge in [-0.3, -0.25) is 9.59 Å². The molecule has 9 nitrogen and oxygen atoms in total. The standard InChI is InChI=1S/C13H15Cl2N7O2/c1-19-10(6-9(14)12(19)15)13(24)21-4-2-20(3-5-21)11(23)7-22-8-16-17-18-22/h6,8H,2-5,7H2,1H3. The molecular weight excluding hydrogens is 357 g/mol. The highest BCUT2D eigenvalue weighted by Crippen LogP contribution is 2.26. The highest BCUT2D eigenvalue weighted by atomic mass is 35.5. The fraction of sp³-hybridized carbons (Fsp3) is 0.462. The predicted octanol–water partition coefficient (Wildman–Crippen LogP) is 0.303. The number of aromatic nitrogens is 5. The number of hydrogen-bond donors (Lipinski definition) is 0. The van der Waals surface area contributed by atoms with Crippen molar-refractivity contribution in [2.45, 2.75) is 6.54 Å². The summed E-state index contributed by atoms with van der Waals surface area (Å²) < 4.78 is 2.93. The van der Waals surface area contributed by atoms with Crippen molar-refractivity contribution in [3.63, 3.8) is 0 Å². The van der Waals surface area contributed by atoms with E-state index in [1.807, 2.05) is 0 Å². The Morgan fingerprint density at radius 1 is 1.17 bits per heavy atom. The molecule has 0 saturated carbocycles. The Hall–Kier alpha value is -2.13. The number of carbonyl (C=O) groups excluding carboxylic acids is 2. The van der Waals surface area contributed by atoms with Gasteiger partial charge < -0.3 is 14.4 Å². The monoisotopic (exact) mass is 371 g/mol. The first-order chi connectivity index (χ1) is 11.5. The minimum absolute atomic E-state index is 0.0839. The second kappa shape index (κ2) is 6.78. The maximum absolute atomic E-state index is 12.6. The molecule has 0 radical (unpaired) electrons. The van der Waals surface area contributed by atoms with Crippen LogP contribution in [-0.2, 0) is 18.4 Å². The van der Waals surface area contributed by atoms with Gasteiger partial charge in [0.2, 0.25) is 5.91 Å². The highest BCUT2D eigenvalue weighted by molar-refractivity contribution is 6.41. The second-order valence-electron chi connectivity index (χ2n) is 5.41. The summed E-state index contributed by atoms with van der Waals surface area (Å²) in [5.74, 6) is -0.238. The van der Waals surface area contributed by atoms with Crippen LogP contribution >= 0.6 is 23.2 Å². The molecule has 2 amide bonds. The third-order valence-corrected chi connectivity index (χ3v) is 4.79. The molecule has 0 atom stereocenters. The van der Waals surface area contributed by atoms with Gasteiger partial charge in [0.25, 0.3) is 5.91 Å². The molecule has 1 aliphatic heterocycles. The number of halogens is 2. The predicted molar refractivity (Wildman–Crippen MR) is 85.7 cm³/mol. The summed E-state index contributed by atoms with van der Waals surface area (Å²) in [4.78, 5) is 28.1. The van der Waals surface area contributed by atoms with Gasteiger partial charge in [-0.2, -0.15) is 0 Å². The number of nitrogens with zero attached hydrogens (tertiary/aromatic N) is 7. The van der Waals surface area contributed by atoms with Crippen LogP contribution in [0, 0.1) is 0 Å². The van der Waals surface area contributed by atoms with E-state index in [0.717, 1.165) is 0 Å². The Kier molecular flexibility index (Phi) is 4.72. The molecule has 128 valence electrons. The van der Waals surface area contributed by atoms with E-state index in [-0.39, 0.29) is 18.4 Å². The molecule has 0 aliphatic carbocycles. The van der Waals surface area contributed by atoms with Gasteiger partial charge in [-0.05, 0) is 16.5 Å². The maximum atomic E-state index is 12.6. The minimum atomic E-state index is -0.154. The topological polar surface area (TPSA) is 89.2 Å². The first-order valence-corrected chi connectivity index (χ1v) is 8.01. The van der Waals surface area contributed by atoms with Gasteiger partial charge in [-0.1, -0.05) is 23.2 Å². The molecule has 0 aromatic carbocycles. The fourth-order valence-corrected chi connectivity index (χ4v) is 2.94. The van der Waals surface area contributed by atoms with Crippen LogP contribution in [0.25, 0.3) is 0 Å². The van der Waals surface area contributed by atoms with Gasteiger partial charge >= 0.3 is 0 Å². The van der Waals surface area contributed by atoms with Crippen molar-refractivity contribution < 1.29 is 9.59 Å². The molecule has 3 heterocycles. The van der Waals surface area contributed by atoms with Crippen LogP contribution in [0.2, 0.25) is 10.2 Å². The zero-order valence-electron chi connectivity index (χ0n) is 12.9. The van der Waals surface area contributed by atoms with Gasteiger partial charge in [0.15, 0.2) is 0 Å². The van der Waals surface area contributed by atoms with E-state index in [0.29, 0.717) is 42.0 Å². The lowest BCUT2D eigenvalue weighted by Gasteiger charge is -2.34. The van der Waals surface area contributed by atoms with Crippen LogP contribution in [0.4, 0.5) is 0 Å². The van der Waals surface area contributed by atoms with Crippen molar-refractivity contribution in [2.24, 2.45) is 7.05 Å². The Morgan fingerprint density at radius 3 is 2.38 bits per heavy atom. The smallest absolute Gasteiger partial charge is 0.270 e. The lowest BCUT2D eigenvalue weighted by Crippen LogP contribution is -2.51. The van der Waals surface area contributed by atoms with Gasteiger partial charge in [0.05, 0.1) is 5.02 Å². The number of rotatable bonds is 3. The third-order valence-electron chi connectivity index (χ3n) is 3.94. The molecule has 0 spiro atoms. The van der Waals surface area contributed by atoms with E-state index in [1.54, 1.807) is 27.5 Å². The molecule has 1 fully saturated rings. The van der Waals surface area contributed by atoms with Crippen LogP contribution < -0.4 is 0 Å². The van der Waals surface area contributed by atoms with E-state index in [4.69, 9.17) is 23.2 Å². The average molecular weight is 372 g/mol. The molecule has 11 heteroatoms. The van der Waals surface area contributed by atoms with Crippen molar-refractivity contribution in [1.29, 1.82) is 0 Å². The van der Waals surface area contributed by atoms with Crippen LogP contribution in [0.1, 0.15) is 10.5 Å². The van der Waals surface area contributed by atoms with Crippen molar-refractivity contribution in [2.75, 3.05) is 26.2 Å². The first kappa shape index (κ1) is 16.7. The van der Waals surface area contributed by atoms with Crippen molar-refractivity contribution in [3.8, 4) is 0 Å². The zero-order valence-corrected chi connectivity index (χ0v) is 14.4. The molecule has 0 bridgehead atoms. The van der Waals surface area contributed by atoms with E-state index in [2.05, 4.69) is 15.5 Å². The number of carbonyl (C=O) groups is 2. The molecule has 1 aliphatic rings. The molecule has 3 rings (SSSR count). The Labute approximate surface area is 147 Å². The molecule has 2 aromatic rings. The largest absolute Gasteiger partial charge is 0.338 e. The summed E-state index contributed by atoms with van der Waals surface area (Å²) in [6.07, 6.45) is 1.39. The average Bonchev–Trinajstić information content (AvgIpc) is 3.18. The van der Waals surface area contributed by atoms with Gasteiger partial charge in [-0.15, -0.1) is 5.10 Å². The Morgan fingerprint density at radius 2 is 1.83 bits per heavy atom. The van der Waals surface area contributed by atoms with Crippen LogP contribution in [0.5, 0.6) is 0 Å². The first-order valence-electron chi connectivity index (χ1n) is 7.26. The van der Waals surface area contributed by atoms with Crippen LogP contribution in [0.15, 0.2) is 12.4 Å². The summed E-state index contributed by atoms with van der Waals surface area (Å²) in [6.45, 7) is 1.89. The molecule has 0 unspecified atom stereocenters. The third kappa shape index (κ3) is 3.22. The van der Waals surface area contributed by atoms with E-state index >= 15 is 0 Å². The molecule has 1 saturated heterocycles. The second-order valence-corrected chi connectivity index (χ2v) is 6.17. The quantitative estimate of drug-likeness (QED) is 0.774. The summed E-state index contributed by atoms with van der Waals surface area (Å²) in [7, 11) is 1.69. The van der Waals surface area contributed by atoms with E-state index < -0.39 is 0 Å². The van der Waals surface area contributed by atoms with Gasteiger partial charge in [-0.25, -0.2) is 4.68 Å². The number of hydrogen-bond acceptors (Lipinski definition) is 5. The number of piperazine rings is 1. The molecule has 0 N–H and O–H groups in total. The lowest BCUT2D eigenvalue weighted by atomic mass is 10.2. The minimum Gasteiger partial charge on any atom is -0.338 e. The lowest BCUT2D eigenvalue weighted by molar-refractivity contribution is -0.133. The summed E-state index contributed by atoms with van der Waals surface area (Å²) in [6, 6.07) is 1.56. The fourth-order valence-electron chi connectivity index (χ4n) is 2.56. The van der Waals surface area contributed by atoms with E-state index in [9.17, 15) is 9.59 Å². The summed E-state index contributed by atoms with van der Waals surface area (Å²) in [5.41, 5.74) is 0.429. The van der Waals surface area contributed by atoms with Gasteiger partial charge in [0.1, 0.15) is 23.7 Å². The Bertz CT molecular complexity index is 751. The Balaban J connectivity index is 1.59. The van der Waals surface area contributed by atoms with Crippen LogP contribution in [-0.4, -0.2) is 72.6 Å². The summed E-state index contributed by atoms with van der Waals surface area (Å²) in [5, 5.41) is 11.3. The molecule has 2 aromatic heterocycles. The SMILES string of the molecule is Cn1c(C(=O)N2CCN(C(=O)Cn3cnnn3)CC2)cc(Cl)c1Cl. The summed E-state index contributed by atoms with van der Waals surface area (Å²) >= 11 is 12.0. The van der Waals surface area contributed by atoms with Crippen molar-refractivity contribution in [1.82, 2.24) is 34.6 Å². The highest BCUT2D eigenvalue weighted by Gasteiger charge is 2.27. The normalized spacial score (nSPS) is 15.0. The number of amides is 2. The van der Waals surface area contributed by atoms with E-state index in [1.165, 1.54) is 11.0 Å².